The fraction of sp³-hybridized carbons (Fsp3) is 0.250. The normalized spacial score (nSPS) is 12.7. The first kappa shape index (κ1) is 35.1. The Bertz CT molecular complexity index is 2230. The molecule has 1 aliphatic heterocycles. The standard InChI is InChI=1S/C40H41N9O4/c1-4-5-10-28-20-38(49(47-28)29-11-8-9-26(2)18-29)46-40(51)44-33-14-15-35(32-13-7-6-12-31(32)33)53-25-27-16-17-41-36(19-27)45-37-22-42-34(21-43-37)39(50)48-23-30(24-48)52-3/h6-9,11-22,30H,4-5,10,23-25H2,1-3H3,(H,41,43,45)(H2,44,46,51). The molecule has 1 aliphatic rings. The molecule has 0 spiro atoms. The molecule has 3 aromatic heterocycles. The fourth-order valence-corrected chi connectivity index (χ4v) is 6.07. The number of amides is 3. The summed E-state index contributed by atoms with van der Waals surface area (Å²) < 4.78 is 13.3. The summed E-state index contributed by atoms with van der Waals surface area (Å²) in [6.07, 6.45) is 7.62. The molecule has 13 heteroatoms. The van der Waals surface area contributed by atoms with E-state index in [1.54, 1.807) is 22.9 Å². The average molecular weight is 712 g/mol. The van der Waals surface area contributed by atoms with Crippen LogP contribution in [0, 0.1) is 6.92 Å². The molecule has 1 fully saturated rings. The summed E-state index contributed by atoms with van der Waals surface area (Å²) in [5.74, 6) is 2.10. The number of fused-ring (bicyclic) bond motifs is 1. The van der Waals surface area contributed by atoms with E-state index in [1.165, 1.54) is 12.4 Å². The molecule has 53 heavy (non-hydrogen) atoms. The van der Waals surface area contributed by atoms with Crippen LogP contribution in [-0.2, 0) is 17.8 Å². The van der Waals surface area contributed by atoms with Crippen LogP contribution in [0.5, 0.6) is 5.75 Å². The zero-order chi connectivity index (χ0) is 36.7. The molecule has 0 radical (unpaired) electrons. The Morgan fingerprint density at radius 3 is 2.51 bits per heavy atom. The predicted molar refractivity (Wildman–Crippen MR) is 204 cm³/mol. The zero-order valence-electron chi connectivity index (χ0n) is 29.9. The van der Waals surface area contributed by atoms with E-state index >= 15 is 0 Å². The Hall–Kier alpha value is -6.34. The van der Waals surface area contributed by atoms with Crippen LogP contribution in [0.2, 0.25) is 0 Å². The lowest BCUT2D eigenvalue weighted by molar-refractivity contribution is -0.0194. The number of rotatable bonds is 13. The molecule has 0 saturated carbocycles. The van der Waals surface area contributed by atoms with Crippen molar-refractivity contribution in [1.82, 2.24) is 29.6 Å². The molecule has 270 valence electrons. The van der Waals surface area contributed by atoms with Gasteiger partial charge >= 0.3 is 6.03 Å². The average Bonchev–Trinajstić information content (AvgIpc) is 3.55. The maximum atomic E-state index is 13.4. The predicted octanol–water partition coefficient (Wildman–Crippen LogP) is 7.30. The molecule has 3 amide bonds. The summed E-state index contributed by atoms with van der Waals surface area (Å²) in [6, 6.07) is 24.8. The molecule has 4 heterocycles. The second kappa shape index (κ2) is 15.9. The van der Waals surface area contributed by atoms with Gasteiger partial charge in [-0.05, 0) is 67.3 Å². The minimum absolute atomic E-state index is 0.0698. The van der Waals surface area contributed by atoms with Gasteiger partial charge in [0.25, 0.3) is 5.91 Å². The van der Waals surface area contributed by atoms with Gasteiger partial charge in [0.15, 0.2) is 0 Å². The lowest BCUT2D eigenvalue weighted by Crippen LogP contribution is -2.54. The molecule has 3 aromatic carbocycles. The SMILES string of the molecule is CCCCc1cc(NC(=O)Nc2ccc(OCc3ccnc(Nc4cnc(C(=O)N5CC(OC)C5)cn4)c3)c3ccccc23)n(-c2cccc(C)c2)n1. The number of likely N-dealkylation sites (tertiary alicyclic amines) is 1. The maximum Gasteiger partial charge on any atom is 0.324 e. The van der Waals surface area contributed by atoms with Crippen LogP contribution in [0.25, 0.3) is 16.5 Å². The first-order valence-corrected chi connectivity index (χ1v) is 17.6. The van der Waals surface area contributed by atoms with Crippen molar-refractivity contribution in [3.05, 3.63) is 120 Å². The van der Waals surface area contributed by atoms with Gasteiger partial charge in [0.05, 0.1) is 35.6 Å². The molecular weight excluding hydrogens is 670 g/mol. The van der Waals surface area contributed by atoms with Gasteiger partial charge in [-0.25, -0.2) is 24.4 Å². The quantitative estimate of drug-likeness (QED) is 0.112. The monoisotopic (exact) mass is 711 g/mol. The van der Waals surface area contributed by atoms with Gasteiger partial charge in [-0.15, -0.1) is 0 Å². The molecule has 1 saturated heterocycles. The third-order valence-electron chi connectivity index (χ3n) is 8.98. The molecule has 6 aromatic rings. The van der Waals surface area contributed by atoms with Gasteiger partial charge in [-0.2, -0.15) is 5.10 Å². The molecule has 13 nitrogen and oxygen atoms in total. The summed E-state index contributed by atoms with van der Waals surface area (Å²) in [6.45, 7) is 5.55. The highest BCUT2D eigenvalue weighted by molar-refractivity contribution is 6.07. The van der Waals surface area contributed by atoms with E-state index in [2.05, 4.69) is 37.8 Å². The number of urea groups is 1. The first-order chi connectivity index (χ1) is 25.9. The number of anilines is 4. The second-order valence-electron chi connectivity index (χ2n) is 12.9. The number of carbonyl (C=O) groups is 2. The van der Waals surface area contributed by atoms with Crippen molar-refractivity contribution in [3.8, 4) is 11.4 Å². The number of hydrogen-bond donors (Lipinski definition) is 3. The van der Waals surface area contributed by atoms with E-state index in [0.29, 0.717) is 42.0 Å². The van der Waals surface area contributed by atoms with E-state index in [0.717, 1.165) is 52.5 Å². The Morgan fingerprint density at radius 1 is 0.887 bits per heavy atom. The molecular formula is C40H41N9O4. The summed E-state index contributed by atoms with van der Waals surface area (Å²) >= 11 is 0. The lowest BCUT2D eigenvalue weighted by atomic mass is 10.1. The van der Waals surface area contributed by atoms with Gasteiger partial charge in [0.2, 0.25) is 0 Å². The van der Waals surface area contributed by atoms with Crippen LogP contribution in [-0.4, -0.2) is 67.9 Å². The van der Waals surface area contributed by atoms with Crippen LogP contribution < -0.4 is 20.7 Å². The van der Waals surface area contributed by atoms with Crippen LogP contribution in [0.15, 0.2) is 97.5 Å². The fourth-order valence-electron chi connectivity index (χ4n) is 6.07. The number of hydrogen-bond acceptors (Lipinski definition) is 9. The Balaban J connectivity index is 1.00. The number of carbonyl (C=O) groups excluding carboxylic acids is 2. The summed E-state index contributed by atoms with van der Waals surface area (Å²) in [5.41, 5.74) is 4.71. The van der Waals surface area contributed by atoms with Crippen LogP contribution in [0.3, 0.4) is 0 Å². The van der Waals surface area contributed by atoms with E-state index in [1.807, 2.05) is 85.8 Å². The third kappa shape index (κ3) is 8.26. The van der Waals surface area contributed by atoms with Crippen molar-refractivity contribution in [2.24, 2.45) is 0 Å². The van der Waals surface area contributed by atoms with Crippen molar-refractivity contribution >= 4 is 45.9 Å². The number of unbranched alkanes of at least 4 members (excludes halogenated alkanes) is 1. The Kier molecular flexibility index (Phi) is 10.5. The smallest absolute Gasteiger partial charge is 0.324 e. The summed E-state index contributed by atoms with van der Waals surface area (Å²) in [4.78, 5) is 40.7. The number of aryl methyl sites for hydroxylation is 2. The second-order valence-corrected chi connectivity index (χ2v) is 12.9. The Morgan fingerprint density at radius 2 is 1.74 bits per heavy atom. The van der Waals surface area contributed by atoms with E-state index in [-0.39, 0.29) is 30.3 Å². The first-order valence-electron chi connectivity index (χ1n) is 17.6. The van der Waals surface area contributed by atoms with Crippen LogP contribution >= 0.6 is 0 Å². The highest BCUT2D eigenvalue weighted by Gasteiger charge is 2.31. The molecule has 0 aliphatic carbocycles. The van der Waals surface area contributed by atoms with Crippen LogP contribution in [0.4, 0.5) is 27.9 Å². The van der Waals surface area contributed by atoms with Crippen molar-refractivity contribution in [2.45, 2.75) is 45.8 Å². The number of benzene rings is 3. The minimum Gasteiger partial charge on any atom is -0.488 e. The van der Waals surface area contributed by atoms with Gasteiger partial charge in [-0.1, -0.05) is 49.7 Å². The molecule has 0 atom stereocenters. The largest absolute Gasteiger partial charge is 0.488 e. The summed E-state index contributed by atoms with van der Waals surface area (Å²) in [5, 5.41) is 15.7. The number of aromatic nitrogens is 5. The highest BCUT2D eigenvalue weighted by Crippen LogP contribution is 2.32. The van der Waals surface area contributed by atoms with E-state index in [9.17, 15) is 9.59 Å². The minimum atomic E-state index is -0.376. The van der Waals surface area contributed by atoms with E-state index < -0.39 is 0 Å². The molecule has 0 bridgehead atoms. The number of methoxy groups -OCH3 is 1. The topological polar surface area (TPSA) is 148 Å². The zero-order valence-corrected chi connectivity index (χ0v) is 29.9. The van der Waals surface area contributed by atoms with Crippen molar-refractivity contribution in [3.63, 3.8) is 0 Å². The third-order valence-corrected chi connectivity index (χ3v) is 8.98. The van der Waals surface area contributed by atoms with Gasteiger partial charge in [0.1, 0.15) is 35.5 Å². The summed E-state index contributed by atoms with van der Waals surface area (Å²) in [7, 11) is 1.64. The van der Waals surface area contributed by atoms with Gasteiger partial charge < -0.3 is 25.0 Å². The Labute approximate surface area is 307 Å². The molecule has 3 N–H and O–H groups in total. The van der Waals surface area contributed by atoms with Crippen molar-refractivity contribution in [2.75, 3.05) is 36.1 Å². The molecule has 7 rings (SSSR count). The van der Waals surface area contributed by atoms with Gasteiger partial charge in [0, 0.05) is 43.2 Å². The highest BCUT2D eigenvalue weighted by atomic mass is 16.5. The van der Waals surface area contributed by atoms with Crippen molar-refractivity contribution < 1.29 is 19.1 Å². The molecule has 0 unspecified atom stereocenters. The number of nitrogens with one attached hydrogen (secondary N) is 3. The van der Waals surface area contributed by atoms with Gasteiger partial charge in [-0.3, -0.25) is 10.1 Å². The van der Waals surface area contributed by atoms with E-state index in [4.69, 9.17) is 14.6 Å². The number of ether oxygens (including phenoxy) is 2. The maximum absolute atomic E-state index is 13.4. The van der Waals surface area contributed by atoms with Crippen molar-refractivity contribution in [1.29, 1.82) is 0 Å². The number of nitrogens with zero attached hydrogens (tertiary/aromatic N) is 6. The number of pyridine rings is 1. The lowest BCUT2D eigenvalue weighted by Gasteiger charge is -2.37. The van der Waals surface area contributed by atoms with Crippen LogP contribution in [0.1, 0.15) is 47.1 Å².